The van der Waals surface area contributed by atoms with Gasteiger partial charge in [-0.2, -0.15) is 0 Å². The van der Waals surface area contributed by atoms with Crippen molar-refractivity contribution in [3.63, 3.8) is 0 Å². The smallest absolute Gasteiger partial charge is 0.408 e. The summed E-state index contributed by atoms with van der Waals surface area (Å²) in [7, 11) is 0. The fourth-order valence-electron chi connectivity index (χ4n) is 3.51. The quantitative estimate of drug-likeness (QED) is 0.814. The van der Waals surface area contributed by atoms with E-state index in [1.54, 1.807) is 0 Å². The number of nitrogens with zero attached hydrogens (tertiary/aromatic N) is 1. The topological polar surface area (TPSA) is 69.6 Å². The molecule has 3 fully saturated rings. The molecule has 0 aromatic heterocycles. The van der Waals surface area contributed by atoms with Crippen LogP contribution in [-0.2, 0) is 4.79 Å². The summed E-state index contributed by atoms with van der Waals surface area (Å²) in [5.41, 5.74) is 0. The van der Waals surface area contributed by atoms with Crippen LogP contribution in [0.4, 0.5) is 13.6 Å². The van der Waals surface area contributed by atoms with E-state index in [9.17, 15) is 18.4 Å². The minimum Gasteiger partial charge on any atom is -0.465 e. The molecule has 0 aromatic rings. The molecular weight excluding hydrogens is 270 g/mol. The molecule has 3 aliphatic rings. The number of carbonyl (C=O) groups excluding carboxylic acids is 1. The van der Waals surface area contributed by atoms with Gasteiger partial charge in [0.1, 0.15) is 6.04 Å². The van der Waals surface area contributed by atoms with Crippen molar-refractivity contribution in [1.82, 2.24) is 10.2 Å². The molecule has 3 rings (SSSR count). The van der Waals surface area contributed by atoms with Crippen molar-refractivity contribution >= 4 is 12.0 Å². The maximum atomic E-state index is 13.7. The number of alkyl halides is 2. The summed E-state index contributed by atoms with van der Waals surface area (Å²) in [6.45, 7) is 0. The Bertz CT molecular complexity index is 443. The number of carboxylic acid groups (broad SMARTS) is 1. The molecule has 7 heteroatoms. The third-order valence-electron chi connectivity index (χ3n) is 4.71. The van der Waals surface area contributed by atoms with Gasteiger partial charge in [-0.15, -0.1) is 0 Å². The van der Waals surface area contributed by atoms with Crippen molar-refractivity contribution in [2.24, 2.45) is 5.92 Å². The number of nitrogens with one attached hydrogen (secondary N) is 1. The van der Waals surface area contributed by atoms with Crippen LogP contribution in [0, 0.1) is 5.92 Å². The van der Waals surface area contributed by atoms with Crippen LogP contribution in [0.2, 0.25) is 0 Å². The van der Waals surface area contributed by atoms with Gasteiger partial charge < -0.3 is 10.4 Å². The summed E-state index contributed by atoms with van der Waals surface area (Å²) in [5.74, 6) is -3.22. The zero-order valence-electron chi connectivity index (χ0n) is 11.0. The fraction of sp³-hybridized carbons (Fsp3) is 0.846. The van der Waals surface area contributed by atoms with Gasteiger partial charge in [0.05, 0.1) is 6.04 Å². The van der Waals surface area contributed by atoms with Crippen LogP contribution in [-0.4, -0.2) is 46.1 Å². The highest BCUT2D eigenvalue weighted by atomic mass is 19.3. The molecule has 0 radical (unpaired) electrons. The minimum atomic E-state index is -2.89. The third kappa shape index (κ3) is 2.23. The lowest BCUT2D eigenvalue weighted by molar-refractivity contribution is -0.132. The van der Waals surface area contributed by atoms with E-state index in [-0.39, 0.29) is 24.8 Å². The average Bonchev–Trinajstić information content (AvgIpc) is 3.01. The Morgan fingerprint density at radius 1 is 1.25 bits per heavy atom. The lowest BCUT2D eigenvalue weighted by Gasteiger charge is -2.33. The van der Waals surface area contributed by atoms with E-state index in [1.165, 1.54) is 0 Å². The molecule has 2 aliphatic carbocycles. The maximum Gasteiger partial charge on any atom is 0.408 e. The van der Waals surface area contributed by atoms with Crippen molar-refractivity contribution in [3.05, 3.63) is 0 Å². The van der Waals surface area contributed by atoms with Crippen LogP contribution >= 0.6 is 0 Å². The molecule has 1 unspecified atom stereocenters. The van der Waals surface area contributed by atoms with Gasteiger partial charge in [-0.25, -0.2) is 13.6 Å². The van der Waals surface area contributed by atoms with E-state index in [4.69, 9.17) is 5.11 Å². The molecule has 0 spiro atoms. The van der Waals surface area contributed by atoms with Crippen LogP contribution in [0.25, 0.3) is 0 Å². The highest BCUT2D eigenvalue weighted by Gasteiger charge is 2.57. The monoisotopic (exact) mass is 288 g/mol. The van der Waals surface area contributed by atoms with Crippen LogP contribution in [0.5, 0.6) is 0 Å². The molecule has 1 aliphatic heterocycles. The summed E-state index contributed by atoms with van der Waals surface area (Å²) < 4.78 is 27.4. The molecule has 1 heterocycles. The van der Waals surface area contributed by atoms with Crippen LogP contribution < -0.4 is 5.32 Å². The van der Waals surface area contributed by atoms with Gasteiger partial charge in [-0.05, 0) is 31.6 Å². The van der Waals surface area contributed by atoms with Crippen LogP contribution in [0.3, 0.4) is 0 Å². The number of carbonyl (C=O) groups is 2. The number of likely N-dealkylation sites (tertiary alicyclic amines) is 1. The van der Waals surface area contributed by atoms with Gasteiger partial charge in [0.25, 0.3) is 5.92 Å². The summed E-state index contributed by atoms with van der Waals surface area (Å²) in [6, 6.07) is -2.04. The van der Waals surface area contributed by atoms with Crippen molar-refractivity contribution in [1.29, 1.82) is 0 Å². The number of piperidine rings is 1. The molecule has 2 saturated carbocycles. The first kappa shape index (κ1) is 13.6. The van der Waals surface area contributed by atoms with Gasteiger partial charge in [0.2, 0.25) is 5.91 Å². The maximum absolute atomic E-state index is 13.7. The Morgan fingerprint density at radius 2 is 2.00 bits per heavy atom. The van der Waals surface area contributed by atoms with Gasteiger partial charge in [-0.3, -0.25) is 9.69 Å². The normalized spacial score (nSPS) is 38.2. The average molecular weight is 288 g/mol. The Kier molecular flexibility index (Phi) is 3.10. The van der Waals surface area contributed by atoms with E-state index in [0.29, 0.717) is 19.3 Å². The molecule has 20 heavy (non-hydrogen) atoms. The highest BCUT2D eigenvalue weighted by molar-refractivity contribution is 5.87. The van der Waals surface area contributed by atoms with E-state index < -0.39 is 30.0 Å². The number of hydrogen-bond donors (Lipinski definition) is 2. The molecule has 2 N–H and O–H groups in total. The second-order valence-corrected chi connectivity index (χ2v) is 6.07. The van der Waals surface area contributed by atoms with Gasteiger partial charge >= 0.3 is 6.09 Å². The number of fused-ring (bicyclic) bond motifs is 1. The molecule has 4 atom stereocenters. The number of halogens is 2. The van der Waals surface area contributed by atoms with E-state index in [2.05, 4.69) is 5.32 Å². The third-order valence-corrected chi connectivity index (χ3v) is 4.71. The van der Waals surface area contributed by atoms with E-state index in [0.717, 1.165) is 11.3 Å². The molecule has 0 aromatic carbocycles. The second-order valence-electron chi connectivity index (χ2n) is 6.07. The van der Waals surface area contributed by atoms with Crippen molar-refractivity contribution in [2.75, 3.05) is 0 Å². The molecule has 0 bridgehead atoms. The van der Waals surface area contributed by atoms with Crippen LogP contribution in [0.15, 0.2) is 0 Å². The predicted octanol–water partition coefficient (Wildman–Crippen LogP) is 1.82. The van der Waals surface area contributed by atoms with Gasteiger partial charge in [0.15, 0.2) is 0 Å². The predicted molar refractivity (Wildman–Crippen MR) is 65.5 cm³/mol. The summed E-state index contributed by atoms with van der Waals surface area (Å²) in [6.07, 6.45) is 1.29. The van der Waals surface area contributed by atoms with Gasteiger partial charge in [-0.1, -0.05) is 6.42 Å². The summed E-state index contributed by atoms with van der Waals surface area (Å²) >= 11 is 0. The molecule has 1 saturated heterocycles. The van der Waals surface area contributed by atoms with E-state index in [1.807, 2.05) is 0 Å². The second kappa shape index (κ2) is 4.56. The van der Waals surface area contributed by atoms with E-state index >= 15 is 0 Å². The lowest BCUT2D eigenvalue weighted by Crippen LogP contribution is -2.55. The molecular formula is C13H18F2N2O3. The summed E-state index contributed by atoms with van der Waals surface area (Å²) in [5, 5.41) is 11.5. The molecule has 2 amide bonds. The minimum absolute atomic E-state index is 0.0879. The van der Waals surface area contributed by atoms with Crippen molar-refractivity contribution in [3.8, 4) is 0 Å². The first-order valence-electron chi connectivity index (χ1n) is 7.09. The number of rotatable bonds is 2. The standard InChI is InChI=1S/C13H18F2N2O3/c14-13(15)4-2-1-3-10(13)16-11(18)9-6-7-5-8(7)17(9)12(19)20/h7-10H,1-6H2,(H,16,18)(H,19,20)/t7-,8-,9+,10?/m1/s1. The Hall–Kier alpha value is -1.40. The van der Waals surface area contributed by atoms with Crippen LogP contribution in [0.1, 0.15) is 38.5 Å². The fourth-order valence-corrected chi connectivity index (χ4v) is 3.51. The summed E-state index contributed by atoms with van der Waals surface area (Å²) in [4.78, 5) is 24.4. The first-order valence-corrected chi connectivity index (χ1v) is 7.09. The zero-order valence-corrected chi connectivity index (χ0v) is 11.0. The number of hydrogen-bond acceptors (Lipinski definition) is 2. The zero-order chi connectivity index (χ0) is 14.5. The Balaban J connectivity index is 1.66. The number of amides is 2. The van der Waals surface area contributed by atoms with Gasteiger partial charge in [0, 0.05) is 12.5 Å². The molecule has 112 valence electrons. The molecule has 5 nitrogen and oxygen atoms in total. The lowest BCUT2D eigenvalue weighted by atomic mass is 9.91. The highest BCUT2D eigenvalue weighted by Crippen LogP contribution is 2.48. The first-order chi connectivity index (χ1) is 9.40. The Morgan fingerprint density at radius 3 is 2.65 bits per heavy atom. The van der Waals surface area contributed by atoms with Crippen molar-refractivity contribution < 1.29 is 23.5 Å². The SMILES string of the molecule is O=C(NC1CCCCC1(F)F)[C@@H]1C[C@H]2C[C@H]2N1C(=O)O. The Labute approximate surface area is 115 Å². The van der Waals surface area contributed by atoms with Crippen molar-refractivity contribution in [2.45, 2.75) is 62.6 Å². The largest absolute Gasteiger partial charge is 0.465 e.